The van der Waals surface area contributed by atoms with E-state index in [2.05, 4.69) is 5.10 Å². The zero-order chi connectivity index (χ0) is 24.2. The summed E-state index contributed by atoms with van der Waals surface area (Å²) in [7, 11) is 0. The number of aromatic nitrogens is 2. The van der Waals surface area contributed by atoms with Gasteiger partial charge in [-0.1, -0.05) is 17.7 Å². The maximum Gasteiger partial charge on any atom is 0.418 e. The average molecular weight is 490 g/mol. The number of hydrogen-bond acceptors (Lipinski definition) is 4. The van der Waals surface area contributed by atoms with Gasteiger partial charge in [-0.2, -0.15) is 23.0 Å². The lowest BCUT2D eigenvalue weighted by atomic mass is 10.0. The molecular weight excluding hydrogens is 467 g/mol. The second-order valence-electron chi connectivity index (χ2n) is 8.93. The summed E-state index contributed by atoms with van der Waals surface area (Å²) in [5, 5.41) is 15.0. The maximum absolute atomic E-state index is 14.0. The van der Waals surface area contributed by atoms with Crippen molar-refractivity contribution in [2.24, 2.45) is 0 Å². The van der Waals surface area contributed by atoms with Crippen molar-refractivity contribution in [1.29, 1.82) is 0 Å². The first kappa shape index (κ1) is 22.9. The van der Waals surface area contributed by atoms with Crippen LogP contribution in [0.25, 0.3) is 16.9 Å². The third kappa shape index (κ3) is 3.99. The molecule has 178 valence electrons. The highest BCUT2D eigenvalue weighted by atomic mass is 35.5. The normalized spacial score (nSPS) is 17.9. The van der Waals surface area contributed by atoms with Crippen LogP contribution >= 0.6 is 11.6 Å². The summed E-state index contributed by atoms with van der Waals surface area (Å²) in [6.45, 7) is 2.69. The van der Waals surface area contributed by atoms with Crippen LogP contribution in [0, 0.1) is 6.92 Å². The van der Waals surface area contributed by atoms with Crippen molar-refractivity contribution in [2.75, 3.05) is 18.0 Å². The van der Waals surface area contributed by atoms with Gasteiger partial charge in [-0.25, -0.2) is 0 Å². The van der Waals surface area contributed by atoms with E-state index < -0.39 is 23.4 Å². The predicted octanol–water partition coefficient (Wildman–Crippen LogP) is 4.94. The molecule has 1 N–H and O–H groups in total. The van der Waals surface area contributed by atoms with Crippen molar-refractivity contribution in [2.45, 2.75) is 44.9 Å². The molecular formula is C25H23ClF3N3O2. The third-order valence-electron chi connectivity index (χ3n) is 6.63. The van der Waals surface area contributed by atoms with Crippen LogP contribution in [0.1, 0.15) is 35.1 Å². The Morgan fingerprint density at radius 2 is 1.88 bits per heavy atom. The Labute approximate surface area is 199 Å². The Morgan fingerprint density at radius 3 is 2.56 bits per heavy atom. The molecule has 1 atom stereocenters. The van der Waals surface area contributed by atoms with Crippen LogP contribution in [0.2, 0.25) is 5.02 Å². The Hall–Kier alpha value is -2.84. The van der Waals surface area contributed by atoms with E-state index >= 15 is 0 Å². The molecule has 1 saturated heterocycles. The number of aliphatic hydroxyl groups excluding tert-OH is 1. The third-order valence-corrected chi connectivity index (χ3v) is 7.05. The summed E-state index contributed by atoms with van der Waals surface area (Å²) >= 11 is 6.18. The van der Waals surface area contributed by atoms with E-state index in [1.54, 1.807) is 12.1 Å². The minimum absolute atomic E-state index is 0.307. The second-order valence-corrected chi connectivity index (χ2v) is 9.34. The topological polar surface area (TPSA) is 58.4 Å². The molecule has 1 aromatic heterocycles. The first-order valence-electron chi connectivity index (χ1n) is 11.2. The van der Waals surface area contributed by atoms with Crippen molar-refractivity contribution >= 4 is 17.3 Å². The summed E-state index contributed by atoms with van der Waals surface area (Å²) in [6.07, 6.45) is -2.79. The highest BCUT2D eigenvalue weighted by molar-refractivity contribution is 6.31. The molecule has 5 nitrogen and oxygen atoms in total. The molecule has 2 heterocycles. The van der Waals surface area contributed by atoms with Crippen LogP contribution in [0.15, 0.2) is 41.2 Å². The van der Waals surface area contributed by atoms with E-state index in [0.717, 1.165) is 28.3 Å². The van der Waals surface area contributed by atoms with Crippen LogP contribution in [0.3, 0.4) is 0 Å². The van der Waals surface area contributed by atoms with Crippen molar-refractivity contribution in [3.8, 4) is 16.9 Å². The van der Waals surface area contributed by atoms with Gasteiger partial charge < -0.3 is 10.0 Å². The monoisotopic (exact) mass is 489 g/mol. The van der Waals surface area contributed by atoms with Crippen molar-refractivity contribution in [3.63, 3.8) is 0 Å². The number of aryl methyl sites for hydroxylation is 1. The quantitative estimate of drug-likeness (QED) is 0.566. The fourth-order valence-corrected chi connectivity index (χ4v) is 4.99. The Morgan fingerprint density at radius 1 is 1.12 bits per heavy atom. The fourth-order valence-electron chi connectivity index (χ4n) is 4.87. The molecule has 0 bridgehead atoms. The van der Waals surface area contributed by atoms with Gasteiger partial charge >= 0.3 is 6.18 Å². The molecule has 1 aliphatic heterocycles. The second kappa shape index (κ2) is 8.43. The molecule has 0 spiro atoms. The molecule has 3 aromatic rings. The summed E-state index contributed by atoms with van der Waals surface area (Å²) in [5.41, 5.74) is 2.07. The van der Waals surface area contributed by atoms with Crippen molar-refractivity contribution in [1.82, 2.24) is 9.78 Å². The van der Waals surface area contributed by atoms with Crippen molar-refractivity contribution < 1.29 is 18.3 Å². The lowest BCUT2D eigenvalue weighted by molar-refractivity contribution is -0.137. The van der Waals surface area contributed by atoms with E-state index in [9.17, 15) is 23.1 Å². The summed E-state index contributed by atoms with van der Waals surface area (Å²) in [4.78, 5) is 15.2. The number of hydrogen-bond donors (Lipinski definition) is 1. The number of anilines is 1. The highest BCUT2D eigenvalue weighted by Crippen LogP contribution is 2.37. The number of nitrogens with zero attached hydrogens (tertiary/aromatic N) is 3. The molecule has 2 aliphatic rings. The molecule has 1 aliphatic carbocycles. The van der Waals surface area contributed by atoms with Gasteiger partial charge in [0, 0.05) is 34.9 Å². The number of benzene rings is 2. The first-order valence-corrected chi connectivity index (χ1v) is 11.6. The van der Waals surface area contributed by atoms with Gasteiger partial charge in [-0.3, -0.25) is 4.79 Å². The van der Waals surface area contributed by atoms with Crippen molar-refractivity contribution in [3.05, 3.63) is 74.0 Å². The van der Waals surface area contributed by atoms with E-state index in [1.165, 1.54) is 12.1 Å². The number of halogens is 4. The number of rotatable bonds is 3. The van der Waals surface area contributed by atoms with E-state index in [4.69, 9.17) is 11.6 Å². The number of aliphatic hydroxyl groups is 1. The van der Waals surface area contributed by atoms with Gasteiger partial charge in [-0.05, 0) is 74.1 Å². The highest BCUT2D eigenvalue weighted by Gasteiger charge is 2.36. The zero-order valence-electron chi connectivity index (χ0n) is 18.5. The van der Waals surface area contributed by atoms with Crippen LogP contribution < -0.4 is 10.5 Å². The SMILES string of the molecule is Cc1cc(-c2nn(-c3cc(N4CCC(O)C4)ccc3C(F)(F)F)c(=O)c3c2CCC3)ccc1Cl. The summed E-state index contributed by atoms with van der Waals surface area (Å²) < 4.78 is 43.0. The molecule has 9 heteroatoms. The number of β-amino-alcohol motifs (C(OH)–C–C–N with tert-alkyl or cyclic N) is 1. The van der Waals surface area contributed by atoms with Gasteiger partial charge in [0.2, 0.25) is 0 Å². The summed E-state index contributed by atoms with van der Waals surface area (Å²) in [6, 6.07) is 9.07. The Balaban J connectivity index is 1.75. The Bertz CT molecular complexity index is 1340. The van der Waals surface area contributed by atoms with Gasteiger partial charge in [0.05, 0.1) is 23.0 Å². The smallest absolute Gasteiger partial charge is 0.391 e. The van der Waals surface area contributed by atoms with E-state index in [0.29, 0.717) is 59.9 Å². The summed E-state index contributed by atoms with van der Waals surface area (Å²) in [5.74, 6) is 0. The minimum Gasteiger partial charge on any atom is -0.391 e. The number of fused-ring (bicyclic) bond motifs is 1. The number of alkyl halides is 3. The molecule has 0 saturated carbocycles. The first-order chi connectivity index (χ1) is 16.1. The average Bonchev–Trinajstić information content (AvgIpc) is 3.45. The lowest BCUT2D eigenvalue weighted by Gasteiger charge is -2.22. The van der Waals surface area contributed by atoms with E-state index in [-0.39, 0.29) is 5.69 Å². The largest absolute Gasteiger partial charge is 0.418 e. The molecule has 2 aromatic carbocycles. The zero-order valence-corrected chi connectivity index (χ0v) is 19.2. The van der Waals surface area contributed by atoms with Crippen LogP contribution in [-0.4, -0.2) is 34.1 Å². The standard InChI is InChI=1S/C25H23ClF3N3O2/c1-14-11-15(5-8-21(14)26)23-18-3-2-4-19(18)24(34)32(30-23)22-12-16(31-10-9-17(33)13-31)6-7-20(22)25(27,28)29/h5-8,11-12,17,33H,2-4,9-10,13H2,1H3. The molecule has 5 rings (SSSR count). The predicted molar refractivity (Wildman–Crippen MR) is 125 cm³/mol. The van der Waals surface area contributed by atoms with Crippen LogP contribution in [0.4, 0.5) is 18.9 Å². The molecule has 1 fully saturated rings. The minimum atomic E-state index is -4.67. The van der Waals surface area contributed by atoms with Gasteiger partial charge in [0.25, 0.3) is 5.56 Å². The van der Waals surface area contributed by atoms with Crippen LogP contribution in [-0.2, 0) is 19.0 Å². The van der Waals surface area contributed by atoms with Gasteiger partial charge in [0.1, 0.15) is 0 Å². The Kier molecular flexibility index (Phi) is 5.68. The van der Waals surface area contributed by atoms with Crippen LogP contribution in [0.5, 0.6) is 0 Å². The van der Waals surface area contributed by atoms with E-state index in [1.807, 2.05) is 17.9 Å². The maximum atomic E-state index is 14.0. The molecule has 34 heavy (non-hydrogen) atoms. The fraction of sp³-hybridized carbons (Fsp3) is 0.360. The van der Waals surface area contributed by atoms with Gasteiger partial charge in [0.15, 0.2) is 0 Å². The molecule has 0 amide bonds. The molecule has 0 radical (unpaired) electrons. The lowest BCUT2D eigenvalue weighted by Crippen LogP contribution is -2.29. The van der Waals surface area contributed by atoms with Gasteiger partial charge in [-0.15, -0.1) is 0 Å². The molecule has 1 unspecified atom stereocenters.